The number of nitrogens with one attached hydrogen (secondary N) is 2. The number of aryl methyl sites for hydroxylation is 1. The predicted octanol–water partition coefficient (Wildman–Crippen LogP) is 3.44. The summed E-state index contributed by atoms with van der Waals surface area (Å²) in [7, 11) is 1.73. The first-order valence-corrected chi connectivity index (χ1v) is 10.8. The van der Waals surface area contributed by atoms with Crippen molar-refractivity contribution in [3.8, 4) is 0 Å². The van der Waals surface area contributed by atoms with Gasteiger partial charge in [0.2, 0.25) is 5.91 Å². The minimum Gasteiger partial charge on any atom is -0.459 e. The Morgan fingerprint density at radius 1 is 1.28 bits per heavy atom. The highest BCUT2D eigenvalue weighted by Crippen LogP contribution is 2.25. The number of benzene rings is 1. The molecule has 1 amide bonds. The van der Waals surface area contributed by atoms with Crippen LogP contribution in [0.5, 0.6) is 0 Å². The molecule has 0 aliphatic carbocycles. The summed E-state index contributed by atoms with van der Waals surface area (Å²) in [5.41, 5.74) is 3.32. The number of para-hydroxylation sites is 1. The second-order valence-electron chi connectivity index (χ2n) is 7.18. The molecule has 0 spiro atoms. The van der Waals surface area contributed by atoms with E-state index in [0.717, 1.165) is 41.8 Å². The maximum absolute atomic E-state index is 12.5. The highest BCUT2D eigenvalue weighted by Gasteiger charge is 2.21. The predicted molar refractivity (Wildman–Crippen MR) is 117 cm³/mol. The SMILES string of the molecule is CN=C(NCCC(=O)N1CCc2sccc2C1)NCc1oc2ccccc2c1C. The van der Waals surface area contributed by atoms with Crippen LogP contribution in [0.15, 0.2) is 45.1 Å². The largest absolute Gasteiger partial charge is 0.459 e. The van der Waals surface area contributed by atoms with Crippen LogP contribution in [-0.2, 0) is 24.3 Å². The van der Waals surface area contributed by atoms with E-state index in [4.69, 9.17) is 4.42 Å². The third kappa shape index (κ3) is 4.29. The zero-order chi connectivity index (χ0) is 20.2. The fraction of sp³-hybridized carbons (Fsp3) is 0.364. The topological polar surface area (TPSA) is 69.9 Å². The van der Waals surface area contributed by atoms with Crippen LogP contribution in [-0.4, -0.2) is 36.9 Å². The van der Waals surface area contributed by atoms with Gasteiger partial charge in [-0.3, -0.25) is 9.79 Å². The Balaban J connectivity index is 1.25. The molecular formula is C22H26N4O2S. The second kappa shape index (κ2) is 8.69. The first-order valence-electron chi connectivity index (χ1n) is 9.90. The zero-order valence-electron chi connectivity index (χ0n) is 16.8. The molecule has 0 atom stereocenters. The third-order valence-electron chi connectivity index (χ3n) is 5.37. The van der Waals surface area contributed by atoms with Crippen molar-refractivity contribution in [1.29, 1.82) is 0 Å². The van der Waals surface area contributed by atoms with Gasteiger partial charge in [-0.2, -0.15) is 0 Å². The van der Waals surface area contributed by atoms with Crippen molar-refractivity contribution < 1.29 is 9.21 Å². The number of rotatable bonds is 5. The van der Waals surface area contributed by atoms with E-state index >= 15 is 0 Å². The van der Waals surface area contributed by atoms with Gasteiger partial charge < -0.3 is 20.0 Å². The lowest BCUT2D eigenvalue weighted by Gasteiger charge is -2.27. The number of furan rings is 1. The summed E-state index contributed by atoms with van der Waals surface area (Å²) in [6.07, 6.45) is 1.41. The molecule has 152 valence electrons. The number of hydrogen-bond acceptors (Lipinski definition) is 4. The van der Waals surface area contributed by atoms with E-state index in [-0.39, 0.29) is 5.91 Å². The number of nitrogens with zero attached hydrogens (tertiary/aromatic N) is 2. The maximum atomic E-state index is 12.5. The molecule has 4 rings (SSSR count). The molecule has 6 nitrogen and oxygen atoms in total. The van der Waals surface area contributed by atoms with Gasteiger partial charge in [-0.25, -0.2) is 0 Å². The summed E-state index contributed by atoms with van der Waals surface area (Å²) in [4.78, 5) is 20.1. The smallest absolute Gasteiger partial charge is 0.224 e. The fourth-order valence-electron chi connectivity index (χ4n) is 3.69. The van der Waals surface area contributed by atoms with Crippen molar-refractivity contribution >= 4 is 34.2 Å². The molecular weight excluding hydrogens is 384 g/mol. The van der Waals surface area contributed by atoms with E-state index in [2.05, 4.69) is 40.1 Å². The van der Waals surface area contributed by atoms with E-state index in [0.29, 0.717) is 25.5 Å². The van der Waals surface area contributed by atoms with Crippen LogP contribution < -0.4 is 10.6 Å². The molecule has 3 aromatic rings. The number of carbonyl (C=O) groups is 1. The average Bonchev–Trinajstić information content (AvgIpc) is 3.34. The van der Waals surface area contributed by atoms with Crippen LogP contribution in [0.3, 0.4) is 0 Å². The molecule has 0 bridgehead atoms. The molecule has 29 heavy (non-hydrogen) atoms. The lowest BCUT2D eigenvalue weighted by molar-refractivity contribution is -0.131. The minimum atomic E-state index is 0.179. The van der Waals surface area contributed by atoms with Crippen molar-refractivity contribution in [2.24, 2.45) is 4.99 Å². The molecule has 7 heteroatoms. The summed E-state index contributed by atoms with van der Waals surface area (Å²) in [6.45, 7) is 4.70. The molecule has 0 saturated carbocycles. The van der Waals surface area contributed by atoms with Crippen LogP contribution in [0.2, 0.25) is 0 Å². The van der Waals surface area contributed by atoms with Gasteiger partial charge in [-0.15, -0.1) is 11.3 Å². The van der Waals surface area contributed by atoms with Crippen molar-refractivity contribution in [1.82, 2.24) is 15.5 Å². The van der Waals surface area contributed by atoms with Crippen LogP contribution in [0.25, 0.3) is 11.0 Å². The Hall–Kier alpha value is -2.80. The Morgan fingerprint density at radius 3 is 2.97 bits per heavy atom. The molecule has 2 aromatic heterocycles. The number of hydrogen-bond donors (Lipinski definition) is 2. The third-order valence-corrected chi connectivity index (χ3v) is 6.40. The van der Waals surface area contributed by atoms with Gasteiger partial charge in [0.05, 0.1) is 6.54 Å². The molecule has 0 fully saturated rings. The van der Waals surface area contributed by atoms with Crippen molar-refractivity contribution in [3.05, 3.63) is 57.5 Å². The molecule has 0 radical (unpaired) electrons. The summed E-state index contributed by atoms with van der Waals surface area (Å²) in [5, 5.41) is 9.74. The lowest BCUT2D eigenvalue weighted by Crippen LogP contribution is -2.40. The van der Waals surface area contributed by atoms with E-state index in [1.165, 1.54) is 10.4 Å². The monoisotopic (exact) mass is 410 g/mol. The standard InChI is InChI=1S/C22H26N4O2S/c1-15-17-5-3-4-6-18(17)28-19(15)13-25-22(23-2)24-10-7-21(27)26-11-8-20-16(14-26)9-12-29-20/h3-6,9,12H,7-8,10-11,13-14H2,1-2H3,(H2,23,24,25). The molecule has 2 N–H and O–H groups in total. The van der Waals surface area contributed by atoms with E-state index in [9.17, 15) is 4.79 Å². The Bertz CT molecular complexity index is 1040. The van der Waals surface area contributed by atoms with E-state index in [1.807, 2.05) is 23.1 Å². The molecule has 1 aliphatic heterocycles. The van der Waals surface area contributed by atoms with Gasteiger partial charge in [0, 0.05) is 48.9 Å². The molecule has 3 heterocycles. The number of fused-ring (bicyclic) bond motifs is 2. The zero-order valence-corrected chi connectivity index (χ0v) is 17.6. The molecule has 1 aromatic carbocycles. The van der Waals surface area contributed by atoms with Crippen LogP contribution >= 0.6 is 11.3 Å². The van der Waals surface area contributed by atoms with Crippen molar-refractivity contribution in [3.63, 3.8) is 0 Å². The Labute approximate surface area is 174 Å². The number of thiophene rings is 1. The number of guanidine groups is 1. The van der Waals surface area contributed by atoms with Gasteiger partial charge in [-0.1, -0.05) is 18.2 Å². The van der Waals surface area contributed by atoms with E-state index in [1.54, 1.807) is 18.4 Å². The van der Waals surface area contributed by atoms with Gasteiger partial charge in [0.15, 0.2) is 5.96 Å². The van der Waals surface area contributed by atoms with Gasteiger partial charge in [-0.05, 0) is 36.4 Å². The van der Waals surface area contributed by atoms with E-state index < -0.39 is 0 Å². The Morgan fingerprint density at radius 2 is 2.14 bits per heavy atom. The fourth-order valence-corrected chi connectivity index (χ4v) is 4.58. The second-order valence-corrected chi connectivity index (χ2v) is 8.18. The van der Waals surface area contributed by atoms with Crippen LogP contribution in [0.4, 0.5) is 0 Å². The van der Waals surface area contributed by atoms with Crippen LogP contribution in [0, 0.1) is 6.92 Å². The number of aliphatic imine (C=N–C) groups is 1. The lowest BCUT2D eigenvalue weighted by atomic mass is 10.1. The molecule has 0 unspecified atom stereocenters. The van der Waals surface area contributed by atoms with Crippen LogP contribution in [0.1, 0.15) is 28.2 Å². The Kier molecular flexibility index (Phi) is 5.85. The first kappa shape index (κ1) is 19.5. The molecule has 1 aliphatic rings. The van der Waals surface area contributed by atoms with Gasteiger partial charge >= 0.3 is 0 Å². The normalized spacial score (nSPS) is 14.1. The summed E-state index contributed by atoms with van der Waals surface area (Å²) < 4.78 is 5.93. The van der Waals surface area contributed by atoms with Crippen molar-refractivity contribution in [2.75, 3.05) is 20.1 Å². The van der Waals surface area contributed by atoms with Crippen molar-refractivity contribution in [2.45, 2.75) is 32.9 Å². The highest BCUT2D eigenvalue weighted by atomic mass is 32.1. The van der Waals surface area contributed by atoms with Gasteiger partial charge in [0.1, 0.15) is 11.3 Å². The quantitative estimate of drug-likeness (QED) is 0.499. The number of amides is 1. The van der Waals surface area contributed by atoms with Gasteiger partial charge in [0.25, 0.3) is 0 Å². The minimum absolute atomic E-state index is 0.179. The average molecular weight is 411 g/mol. The summed E-state index contributed by atoms with van der Waals surface area (Å²) in [6, 6.07) is 10.2. The summed E-state index contributed by atoms with van der Waals surface area (Å²) in [5.74, 6) is 1.74. The summed E-state index contributed by atoms with van der Waals surface area (Å²) >= 11 is 1.79. The number of carbonyl (C=O) groups excluding carboxylic acids is 1. The highest BCUT2D eigenvalue weighted by molar-refractivity contribution is 7.10. The maximum Gasteiger partial charge on any atom is 0.224 e. The first-order chi connectivity index (χ1) is 14.2. The molecule has 0 saturated heterocycles.